The molecule has 1 atom stereocenters. The van der Waals surface area contributed by atoms with E-state index in [9.17, 15) is 5.11 Å². The van der Waals surface area contributed by atoms with E-state index >= 15 is 0 Å². The molecule has 2 rings (SSSR count). The zero-order valence-electron chi connectivity index (χ0n) is 6.77. The number of hydrogen-bond donors (Lipinski definition) is 3. The predicted molar refractivity (Wildman–Crippen MR) is 43.5 cm³/mol. The van der Waals surface area contributed by atoms with Crippen LogP contribution in [0.3, 0.4) is 0 Å². The molecule has 1 aliphatic heterocycles. The molecular formula is C8H16N2O. The summed E-state index contributed by atoms with van der Waals surface area (Å²) in [5.74, 6) is 0. The standard InChI is InChI=1S/C8H16N2O/c11-8(3-4-9-5-8)6-10-7-1-2-7/h7,9-11H,1-6H2. The average Bonchev–Trinajstić information content (AvgIpc) is 2.73. The molecule has 2 aliphatic rings. The molecule has 2 fully saturated rings. The summed E-state index contributed by atoms with van der Waals surface area (Å²) in [5, 5.41) is 16.4. The van der Waals surface area contributed by atoms with Gasteiger partial charge in [0.1, 0.15) is 0 Å². The van der Waals surface area contributed by atoms with Crippen molar-refractivity contribution in [1.29, 1.82) is 0 Å². The maximum Gasteiger partial charge on any atom is 0.0907 e. The molecule has 0 amide bonds. The largest absolute Gasteiger partial charge is 0.387 e. The quantitative estimate of drug-likeness (QED) is 0.514. The maximum absolute atomic E-state index is 9.84. The number of rotatable bonds is 3. The summed E-state index contributed by atoms with van der Waals surface area (Å²) < 4.78 is 0. The minimum Gasteiger partial charge on any atom is -0.387 e. The summed E-state index contributed by atoms with van der Waals surface area (Å²) in [4.78, 5) is 0. The van der Waals surface area contributed by atoms with Gasteiger partial charge in [0, 0.05) is 19.1 Å². The van der Waals surface area contributed by atoms with Crippen LogP contribution in [0.5, 0.6) is 0 Å². The van der Waals surface area contributed by atoms with Gasteiger partial charge in [0.2, 0.25) is 0 Å². The van der Waals surface area contributed by atoms with E-state index in [0.717, 1.165) is 26.1 Å². The van der Waals surface area contributed by atoms with Crippen LogP contribution >= 0.6 is 0 Å². The first-order chi connectivity index (χ1) is 5.29. The molecule has 0 aromatic heterocycles. The molecule has 1 saturated carbocycles. The van der Waals surface area contributed by atoms with Gasteiger partial charge in [-0.2, -0.15) is 0 Å². The van der Waals surface area contributed by atoms with E-state index < -0.39 is 5.60 Å². The van der Waals surface area contributed by atoms with E-state index in [1.54, 1.807) is 0 Å². The van der Waals surface area contributed by atoms with Crippen LogP contribution in [0, 0.1) is 0 Å². The molecule has 0 aromatic rings. The van der Waals surface area contributed by atoms with Crippen molar-refractivity contribution in [2.75, 3.05) is 19.6 Å². The van der Waals surface area contributed by atoms with Crippen molar-refractivity contribution >= 4 is 0 Å². The summed E-state index contributed by atoms with van der Waals surface area (Å²) in [6.45, 7) is 2.49. The molecule has 0 spiro atoms. The molecule has 64 valence electrons. The van der Waals surface area contributed by atoms with E-state index in [0.29, 0.717) is 6.04 Å². The smallest absolute Gasteiger partial charge is 0.0907 e. The van der Waals surface area contributed by atoms with E-state index in [2.05, 4.69) is 10.6 Å². The lowest BCUT2D eigenvalue weighted by Crippen LogP contribution is -2.43. The van der Waals surface area contributed by atoms with Crippen LogP contribution < -0.4 is 10.6 Å². The van der Waals surface area contributed by atoms with Crippen LogP contribution in [-0.4, -0.2) is 36.4 Å². The third-order valence-corrected chi connectivity index (χ3v) is 2.52. The van der Waals surface area contributed by atoms with Crippen molar-refractivity contribution in [2.45, 2.75) is 30.9 Å². The second-order valence-electron chi connectivity index (χ2n) is 3.81. The van der Waals surface area contributed by atoms with Gasteiger partial charge in [-0.05, 0) is 25.8 Å². The first-order valence-electron chi connectivity index (χ1n) is 4.45. The molecule has 1 unspecified atom stereocenters. The lowest BCUT2D eigenvalue weighted by Gasteiger charge is -2.21. The second-order valence-corrected chi connectivity index (χ2v) is 3.81. The van der Waals surface area contributed by atoms with Gasteiger partial charge in [-0.3, -0.25) is 0 Å². The predicted octanol–water partition coefficient (Wildman–Crippen LogP) is -0.537. The summed E-state index contributed by atoms with van der Waals surface area (Å²) in [6, 6.07) is 0.708. The van der Waals surface area contributed by atoms with Crippen LogP contribution in [0.2, 0.25) is 0 Å². The highest BCUT2D eigenvalue weighted by Crippen LogP contribution is 2.20. The van der Waals surface area contributed by atoms with Crippen molar-refractivity contribution in [3.05, 3.63) is 0 Å². The molecule has 3 N–H and O–H groups in total. The van der Waals surface area contributed by atoms with E-state index in [1.165, 1.54) is 12.8 Å². The summed E-state index contributed by atoms with van der Waals surface area (Å²) in [6.07, 6.45) is 3.49. The zero-order chi connectivity index (χ0) is 7.73. The molecular weight excluding hydrogens is 140 g/mol. The highest BCUT2D eigenvalue weighted by molar-refractivity contribution is 4.92. The molecule has 3 heteroatoms. The number of nitrogens with one attached hydrogen (secondary N) is 2. The van der Waals surface area contributed by atoms with Gasteiger partial charge >= 0.3 is 0 Å². The van der Waals surface area contributed by atoms with Crippen molar-refractivity contribution in [3.63, 3.8) is 0 Å². The Kier molecular flexibility index (Phi) is 1.87. The van der Waals surface area contributed by atoms with Gasteiger partial charge in [0.05, 0.1) is 5.60 Å². The first-order valence-corrected chi connectivity index (χ1v) is 4.45. The molecule has 1 aliphatic carbocycles. The van der Waals surface area contributed by atoms with Crippen LogP contribution in [0.1, 0.15) is 19.3 Å². The average molecular weight is 156 g/mol. The number of β-amino-alcohol motifs (C(OH)–C–C–N with tert-alkyl or cyclic N) is 1. The second kappa shape index (κ2) is 2.73. The van der Waals surface area contributed by atoms with Gasteiger partial charge in [0.25, 0.3) is 0 Å². The minimum absolute atomic E-state index is 0.456. The van der Waals surface area contributed by atoms with Crippen LogP contribution in [-0.2, 0) is 0 Å². The van der Waals surface area contributed by atoms with Crippen LogP contribution in [0.4, 0.5) is 0 Å². The van der Waals surface area contributed by atoms with Gasteiger partial charge in [-0.15, -0.1) is 0 Å². The fourth-order valence-corrected chi connectivity index (χ4v) is 1.50. The zero-order valence-corrected chi connectivity index (χ0v) is 6.77. The van der Waals surface area contributed by atoms with Crippen molar-refractivity contribution in [2.24, 2.45) is 0 Å². The van der Waals surface area contributed by atoms with Crippen molar-refractivity contribution in [3.8, 4) is 0 Å². The van der Waals surface area contributed by atoms with Gasteiger partial charge in [-0.1, -0.05) is 0 Å². The lowest BCUT2D eigenvalue weighted by molar-refractivity contribution is 0.0608. The Bertz CT molecular complexity index is 139. The fraction of sp³-hybridized carbons (Fsp3) is 1.00. The fourth-order valence-electron chi connectivity index (χ4n) is 1.50. The maximum atomic E-state index is 9.84. The van der Waals surface area contributed by atoms with Crippen LogP contribution in [0.15, 0.2) is 0 Å². The Hall–Kier alpha value is -0.120. The topological polar surface area (TPSA) is 44.3 Å². The van der Waals surface area contributed by atoms with E-state index in [4.69, 9.17) is 0 Å². The molecule has 3 nitrogen and oxygen atoms in total. The first kappa shape index (κ1) is 7.53. The summed E-state index contributed by atoms with van der Waals surface area (Å²) in [5.41, 5.74) is -0.456. The lowest BCUT2D eigenvalue weighted by atomic mass is 10.0. The highest BCUT2D eigenvalue weighted by Gasteiger charge is 2.32. The molecule has 1 heterocycles. The SMILES string of the molecule is OC1(CNC2CC2)CCNC1. The number of hydrogen-bond acceptors (Lipinski definition) is 3. The van der Waals surface area contributed by atoms with Gasteiger partial charge in [0.15, 0.2) is 0 Å². The van der Waals surface area contributed by atoms with Crippen molar-refractivity contribution in [1.82, 2.24) is 10.6 Å². The van der Waals surface area contributed by atoms with E-state index in [-0.39, 0.29) is 0 Å². The van der Waals surface area contributed by atoms with Gasteiger partial charge in [-0.25, -0.2) is 0 Å². The van der Waals surface area contributed by atoms with Gasteiger partial charge < -0.3 is 15.7 Å². The molecule has 0 bridgehead atoms. The normalized spacial score (nSPS) is 37.9. The van der Waals surface area contributed by atoms with Crippen LogP contribution in [0.25, 0.3) is 0 Å². The third kappa shape index (κ3) is 1.92. The minimum atomic E-state index is -0.456. The van der Waals surface area contributed by atoms with E-state index in [1.807, 2.05) is 0 Å². The Morgan fingerprint density at radius 2 is 2.36 bits per heavy atom. The highest BCUT2D eigenvalue weighted by atomic mass is 16.3. The molecule has 1 saturated heterocycles. The molecule has 11 heavy (non-hydrogen) atoms. The molecule has 0 aromatic carbocycles. The monoisotopic (exact) mass is 156 g/mol. The Morgan fingerprint density at radius 1 is 1.55 bits per heavy atom. The Labute approximate surface area is 67.2 Å². The third-order valence-electron chi connectivity index (χ3n) is 2.52. The Morgan fingerprint density at radius 3 is 2.91 bits per heavy atom. The van der Waals surface area contributed by atoms with Crippen molar-refractivity contribution < 1.29 is 5.11 Å². The summed E-state index contributed by atoms with van der Waals surface area (Å²) in [7, 11) is 0. The summed E-state index contributed by atoms with van der Waals surface area (Å²) >= 11 is 0. The number of aliphatic hydroxyl groups is 1. The Balaban J connectivity index is 1.73. The molecule has 0 radical (unpaired) electrons.